The van der Waals surface area contributed by atoms with E-state index in [0.717, 1.165) is 6.54 Å². The van der Waals surface area contributed by atoms with Gasteiger partial charge < -0.3 is 5.32 Å². The summed E-state index contributed by atoms with van der Waals surface area (Å²) < 4.78 is 0. The molecule has 1 aliphatic carbocycles. The van der Waals surface area contributed by atoms with Crippen molar-refractivity contribution in [1.82, 2.24) is 5.32 Å². The van der Waals surface area contributed by atoms with Crippen LogP contribution >= 0.6 is 11.6 Å². The SMILES string of the molecule is CC(=CCl)CNC1(C)CCCC1. The van der Waals surface area contributed by atoms with Crippen LogP contribution in [0, 0.1) is 0 Å². The van der Waals surface area contributed by atoms with Gasteiger partial charge in [-0.2, -0.15) is 0 Å². The van der Waals surface area contributed by atoms with Crippen LogP contribution in [0.1, 0.15) is 39.5 Å². The van der Waals surface area contributed by atoms with Gasteiger partial charge in [-0.25, -0.2) is 0 Å². The third-order valence-corrected chi connectivity index (χ3v) is 3.06. The van der Waals surface area contributed by atoms with Gasteiger partial charge in [-0.05, 0) is 32.3 Å². The molecule has 2 heteroatoms. The molecule has 12 heavy (non-hydrogen) atoms. The summed E-state index contributed by atoms with van der Waals surface area (Å²) in [4.78, 5) is 0. The Balaban J connectivity index is 2.30. The van der Waals surface area contributed by atoms with Crippen LogP contribution in [0.3, 0.4) is 0 Å². The second kappa shape index (κ2) is 4.29. The highest BCUT2D eigenvalue weighted by molar-refractivity contribution is 6.25. The fourth-order valence-electron chi connectivity index (χ4n) is 1.72. The van der Waals surface area contributed by atoms with E-state index in [2.05, 4.69) is 19.2 Å². The Morgan fingerprint density at radius 3 is 2.58 bits per heavy atom. The molecule has 0 aromatic heterocycles. The standard InChI is InChI=1S/C10H18ClN/c1-9(7-11)8-12-10(2)5-3-4-6-10/h7,12H,3-6,8H2,1-2H3. The van der Waals surface area contributed by atoms with Gasteiger partial charge in [0, 0.05) is 17.6 Å². The highest BCUT2D eigenvalue weighted by Gasteiger charge is 2.27. The largest absolute Gasteiger partial charge is 0.308 e. The lowest BCUT2D eigenvalue weighted by molar-refractivity contribution is 0.379. The van der Waals surface area contributed by atoms with E-state index in [1.54, 1.807) is 5.54 Å². The highest BCUT2D eigenvalue weighted by Crippen LogP contribution is 2.28. The molecular formula is C10H18ClN. The van der Waals surface area contributed by atoms with Crippen LogP contribution in [0.2, 0.25) is 0 Å². The molecule has 1 saturated carbocycles. The smallest absolute Gasteiger partial charge is 0.0178 e. The summed E-state index contributed by atoms with van der Waals surface area (Å²) in [6.07, 6.45) is 5.35. The molecule has 0 radical (unpaired) electrons. The van der Waals surface area contributed by atoms with E-state index in [4.69, 9.17) is 11.6 Å². The van der Waals surface area contributed by atoms with Crippen LogP contribution in [0.15, 0.2) is 11.1 Å². The average Bonchev–Trinajstić information content (AvgIpc) is 2.49. The molecule has 0 aromatic carbocycles. The first-order valence-corrected chi connectivity index (χ1v) is 5.11. The molecule has 1 N–H and O–H groups in total. The van der Waals surface area contributed by atoms with Crippen molar-refractivity contribution in [2.45, 2.75) is 45.1 Å². The van der Waals surface area contributed by atoms with Gasteiger partial charge in [0.25, 0.3) is 0 Å². The molecule has 0 aliphatic heterocycles. The average molecular weight is 188 g/mol. The Morgan fingerprint density at radius 2 is 2.08 bits per heavy atom. The molecule has 1 aliphatic rings. The lowest BCUT2D eigenvalue weighted by Crippen LogP contribution is -2.40. The zero-order valence-electron chi connectivity index (χ0n) is 7.99. The van der Waals surface area contributed by atoms with Crippen LogP contribution < -0.4 is 5.32 Å². The zero-order chi connectivity index (χ0) is 9.03. The van der Waals surface area contributed by atoms with Gasteiger partial charge in [-0.3, -0.25) is 0 Å². The zero-order valence-corrected chi connectivity index (χ0v) is 8.75. The summed E-state index contributed by atoms with van der Waals surface area (Å²) in [5, 5.41) is 3.56. The summed E-state index contributed by atoms with van der Waals surface area (Å²) in [6.45, 7) is 5.29. The number of hydrogen-bond donors (Lipinski definition) is 1. The molecule has 0 heterocycles. The van der Waals surface area contributed by atoms with Gasteiger partial charge in [0.1, 0.15) is 0 Å². The normalized spacial score (nSPS) is 23.1. The van der Waals surface area contributed by atoms with Crippen molar-refractivity contribution < 1.29 is 0 Å². The molecule has 0 amide bonds. The predicted octanol–water partition coefficient (Wildman–Crippen LogP) is 3.05. The Labute approximate surface area is 80.2 Å². The van der Waals surface area contributed by atoms with Crippen molar-refractivity contribution in [3.05, 3.63) is 11.1 Å². The number of rotatable bonds is 3. The van der Waals surface area contributed by atoms with Gasteiger partial charge >= 0.3 is 0 Å². The summed E-state index contributed by atoms with van der Waals surface area (Å²) in [5.74, 6) is 0. The van der Waals surface area contributed by atoms with E-state index in [-0.39, 0.29) is 0 Å². The van der Waals surface area contributed by atoms with E-state index < -0.39 is 0 Å². The minimum absolute atomic E-state index is 0.376. The summed E-state index contributed by atoms with van der Waals surface area (Å²) in [7, 11) is 0. The van der Waals surface area contributed by atoms with Gasteiger partial charge in [0.2, 0.25) is 0 Å². The lowest BCUT2D eigenvalue weighted by atomic mass is 10.0. The molecule has 0 aromatic rings. The van der Waals surface area contributed by atoms with Crippen molar-refractivity contribution in [1.29, 1.82) is 0 Å². The minimum Gasteiger partial charge on any atom is -0.308 e. The quantitative estimate of drug-likeness (QED) is 0.716. The topological polar surface area (TPSA) is 12.0 Å². The predicted molar refractivity (Wildman–Crippen MR) is 54.5 cm³/mol. The Kier molecular flexibility index (Phi) is 3.60. The first-order valence-electron chi connectivity index (χ1n) is 4.67. The first kappa shape index (κ1) is 10.1. The Bertz CT molecular complexity index is 169. The van der Waals surface area contributed by atoms with Crippen LogP contribution in [-0.2, 0) is 0 Å². The summed E-state index contributed by atoms with van der Waals surface area (Å²) in [6, 6.07) is 0. The first-order chi connectivity index (χ1) is 5.66. The van der Waals surface area contributed by atoms with Gasteiger partial charge in [0.05, 0.1) is 0 Å². The van der Waals surface area contributed by atoms with Crippen LogP contribution in [0.25, 0.3) is 0 Å². The Hall–Kier alpha value is -0.0100. The number of nitrogens with one attached hydrogen (secondary N) is 1. The second-order valence-electron chi connectivity index (χ2n) is 4.08. The van der Waals surface area contributed by atoms with E-state index in [1.165, 1.54) is 31.3 Å². The monoisotopic (exact) mass is 187 g/mol. The molecule has 0 atom stereocenters. The van der Waals surface area contributed by atoms with Crippen molar-refractivity contribution in [3.63, 3.8) is 0 Å². The van der Waals surface area contributed by atoms with E-state index in [1.807, 2.05) is 0 Å². The van der Waals surface area contributed by atoms with E-state index in [0.29, 0.717) is 5.54 Å². The third kappa shape index (κ3) is 2.80. The van der Waals surface area contributed by atoms with Gasteiger partial charge in [0.15, 0.2) is 0 Å². The molecule has 70 valence electrons. The van der Waals surface area contributed by atoms with E-state index >= 15 is 0 Å². The molecule has 0 spiro atoms. The van der Waals surface area contributed by atoms with Gasteiger partial charge in [-0.1, -0.05) is 24.4 Å². The Morgan fingerprint density at radius 1 is 1.50 bits per heavy atom. The van der Waals surface area contributed by atoms with Crippen LogP contribution in [-0.4, -0.2) is 12.1 Å². The van der Waals surface area contributed by atoms with E-state index in [9.17, 15) is 0 Å². The minimum atomic E-state index is 0.376. The number of halogens is 1. The fourth-order valence-corrected chi connectivity index (χ4v) is 1.80. The van der Waals surface area contributed by atoms with Crippen LogP contribution in [0.5, 0.6) is 0 Å². The molecule has 0 unspecified atom stereocenters. The summed E-state index contributed by atoms with van der Waals surface area (Å²) in [5.41, 5.74) is 3.25. The molecule has 0 bridgehead atoms. The number of hydrogen-bond acceptors (Lipinski definition) is 1. The molecule has 1 fully saturated rings. The maximum atomic E-state index is 5.58. The van der Waals surface area contributed by atoms with Gasteiger partial charge in [-0.15, -0.1) is 0 Å². The molecule has 0 saturated heterocycles. The summed E-state index contributed by atoms with van der Waals surface area (Å²) >= 11 is 5.58. The lowest BCUT2D eigenvalue weighted by Gasteiger charge is -2.25. The fraction of sp³-hybridized carbons (Fsp3) is 0.800. The third-order valence-electron chi connectivity index (χ3n) is 2.69. The molecular weight excluding hydrogens is 170 g/mol. The molecule has 1 rings (SSSR count). The molecule has 1 nitrogen and oxygen atoms in total. The van der Waals surface area contributed by atoms with Crippen molar-refractivity contribution >= 4 is 11.6 Å². The van der Waals surface area contributed by atoms with Crippen molar-refractivity contribution in [2.75, 3.05) is 6.54 Å². The second-order valence-corrected chi connectivity index (χ2v) is 4.29. The van der Waals surface area contributed by atoms with Crippen LogP contribution in [0.4, 0.5) is 0 Å². The van der Waals surface area contributed by atoms with Crippen molar-refractivity contribution in [2.24, 2.45) is 0 Å². The van der Waals surface area contributed by atoms with Crippen molar-refractivity contribution in [3.8, 4) is 0 Å². The highest BCUT2D eigenvalue weighted by atomic mass is 35.5. The maximum Gasteiger partial charge on any atom is 0.0178 e. The maximum absolute atomic E-state index is 5.58.